The van der Waals surface area contributed by atoms with Crippen LogP contribution < -0.4 is 31.6 Å². The van der Waals surface area contributed by atoms with Crippen LogP contribution in [-0.4, -0.2) is 35.7 Å². The largest absolute Gasteiger partial charge is 0.489 e. The van der Waals surface area contributed by atoms with Gasteiger partial charge in [0.1, 0.15) is 36.8 Å². The predicted octanol–water partition coefficient (Wildman–Crippen LogP) is 4.50. The first-order valence-corrected chi connectivity index (χ1v) is 16.1. The highest BCUT2D eigenvalue weighted by molar-refractivity contribution is 6.00. The molecular weight excluding hydrogens is 632 g/mol. The molecule has 0 bridgehead atoms. The van der Waals surface area contributed by atoms with E-state index in [0.29, 0.717) is 24.7 Å². The van der Waals surface area contributed by atoms with Crippen LogP contribution in [0.25, 0.3) is 0 Å². The van der Waals surface area contributed by atoms with Crippen LogP contribution >= 0.6 is 0 Å². The molecule has 0 radical (unpaired) electrons. The van der Waals surface area contributed by atoms with E-state index in [1.807, 2.05) is 84.9 Å². The van der Waals surface area contributed by atoms with E-state index >= 15 is 0 Å². The van der Waals surface area contributed by atoms with Gasteiger partial charge in [0.15, 0.2) is 0 Å². The third-order valence-corrected chi connectivity index (χ3v) is 7.93. The molecule has 5 aromatic carbocycles. The van der Waals surface area contributed by atoms with Gasteiger partial charge < -0.3 is 31.6 Å². The summed E-state index contributed by atoms with van der Waals surface area (Å²) in [5, 5.41) is 5.34. The zero-order valence-corrected chi connectivity index (χ0v) is 27.3. The molecular formula is C40H38N4O6. The summed E-state index contributed by atoms with van der Waals surface area (Å²) in [4.78, 5) is 50.4. The van der Waals surface area contributed by atoms with Crippen molar-refractivity contribution >= 4 is 23.6 Å². The highest BCUT2D eigenvalue weighted by atomic mass is 16.5. The zero-order chi connectivity index (χ0) is 35.3. The third kappa shape index (κ3) is 10.3. The molecule has 0 aliphatic carbocycles. The van der Waals surface area contributed by atoms with E-state index in [1.165, 1.54) is 24.3 Å². The molecule has 254 valence electrons. The Hall–Kier alpha value is -6.42. The van der Waals surface area contributed by atoms with Crippen molar-refractivity contribution in [2.24, 2.45) is 11.5 Å². The number of nitrogens with two attached hydrogens (primary N) is 2. The Morgan fingerprint density at radius 2 is 0.800 bits per heavy atom. The Labute approximate surface area is 290 Å². The lowest BCUT2D eigenvalue weighted by molar-refractivity contribution is -0.120. The van der Waals surface area contributed by atoms with E-state index in [4.69, 9.17) is 20.9 Å². The Morgan fingerprint density at radius 3 is 1.12 bits per heavy atom. The van der Waals surface area contributed by atoms with Crippen molar-refractivity contribution < 1.29 is 28.7 Å². The lowest BCUT2D eigenvalue weighted by Crippen LogP contribution is -2.46. The van der Waals surface area contributed by atoms with Crippen LogP contribution in [0.5, 0.6) is 11.5 Å². The van der Waals surface area contributed by atoms with Gasteiger partial charge in [-0.1, -0.05) is 84.9 Å². The Morgan fingerprint density at radius 1 is 0.460 bits per heavy atom. The maximum atomic E-state index is 13.0. The number of amides is 4. The molecule has 5 rings (SSSR count). The minimum absolute atomic E-state index is 0.179. The number of nitrogens with one attached hydrogen (secondary N) is 2. The number of carbonyl (C=O) groups is 4. The molecule has 0 aromatic heterocycles. The quantitative estimate of drug-likeness (QED) is 0.121. The van der Waals surface area contributed by atoms with Crippen LogP contribution in [0.15, 0.2) is 133 Å². The Balaban J connectivity index is 1.12. The molecule has 0 heterocycles. The van der Waals surface area contributed by atoms with E-state index in [0.717, 1.165) is 22.3 Å². The SMILES string of the molecule is NC(=O)C(Cc1ccc(OCc2ccccc2)cc1)NC(=O)c1ccc(C(=O)NC(Cc2ccc(OCc3ccccc3)cc2)C(N)=O)cc1. The van der Waals surface area contributed by atoms with E-state index in [2.05, 4.69) is 10.6 Å². The number of ether oxygens (including phenoxy) is 2. The fourth-order valence-electron chi connectivity index (χ4n) is 5.10. The first kappa shape index (κ1) is 34.9. The summed E-state index contributed by atoms with van der Waals surface area (Å²) in [6.45, 7) is 0.847. The number of benzene rings is 5. The summed E-state index contributed by atoms with van der Waals surface area (Å²) in [6.07, 6.45) is 0.358. The molecule has 0 spiro atoms. The van der Waals surface area contributed by atoms with E-state index in [9.17, 15) is 19.2 Å². The number of primary amides is 2. The first-order chi connectivity index (χ1) is 24.2. The average Bonchev–Trinajstić information content (AvgIpc) is 3.14. The molecule has 0 saturated heterocycles. The van der Waals surface area contributed by atoms with Crippen LogP contribution in [-0.2, 0) is 35.6 Å². The molecule has 6 N–H and O–H groups in total. The van der Waals surface area contributed by atoms with Crippen LogP contribution in [0.3, 0.4) is 0 Å². The van der Waals surface area contributed by atoms with Crippen molar-refractivity contribution in [2.45, 2.75) is 38.1 Å². The van der Waals surface area contributed by atoms with E-state index in [-0.39, 0.29) is 24.0 Å². The van der Waals surface area contributed by atoms with Gasteiger partial charge in [-0.2, -0.15) is 0 Å². The Kier molecular flexibility index (Phi) is 11.9. The maximum absolute atomic E-state index is 13.0. The lowest BCUT2D eigenvalue weighted by Gasteiger charge is -2.17. The van der Waals surface area contributed by atoms with Crippen LogP contribution in [0.1, 0.15) is 43.0 Å². The molecule has 50 heavy (non-hydrogen) atoms. The molecule has 2 unspecified atom stereocenters. The topological polar surface area (TPSA) is 163 Å². The van der Waals surface area contributed by atoms with Crippen molar-refractivity contribution in [1.82, 2.24) is 10.6 Å². The van der Waals surface area contributed by atoms with Gasteiger partial charge in [0.2, 0.25) is 11.8 Å². The summed E-state index contributed by atoms with van der Waals surface area (Å²) in [5.74, 6) is -1.11. The summed E-state index contributed by atoms with van der Waals surface area (Å²) in [7, 11) is 0. The van der Waals surface area contributed by atoms with Gasteiger partial charge in [-0.25, -0.2) is 0 Å². The molecule has 10 heteroatoms. The smallest absolute Gasteiger partial charge is 0.251 e. The van der Waals surface area contributed by atoms with Crippen LogP contribution in [0, 0.1) is 0 Å². The number of rotatable bonds is 16. The predicted molar refractivity (Wildman–Crippen MR) is 189 cm³/mol. The van der Waals surface area contributed by atoms with Gasteiger partial charge in [0.05, 0.1) is 0 Å². The van der Waals surface area contributed by atoms with Gasteiger partial charge in [-0.05, 0) is 70.8 Å². The zero-order valence-electron chi connectivity index (χ0n) is 27.3. The highest BCUT2D eigenvalue weighted by Crippen LogP contribution is 2.17. The fourth-order valence-corrected chi connectivity index (χ4v) is 5.10. The van der Waals surface area contributed by atoms with Gasteiger partial charge in [0.25, 0.3) is 11.8 Å². The monoisotopic (exact) mass is 670 g/mol. The lowest BCUT2D eigenvalue weighted by atomic mass is 10.0. The van der Waals surface area contributed by atoms with Gasteiger partial charge in [0, 0.05) is 24.0 Å². The third-order valence-electron chi connectivity index (χ3n) is 7.93. The van der Waals surface area contributed by atoms with Crippen LogP contribution in [0.2, 0.25) is 0 Å². The fraction of sp³-hybridized carbons (Fsp3) is 0.150. The van der Waals surface area contributed by atoms with E-state index in [1.54, 1.807) is 24.3 Å². The summed E-state index contributed by atoms with van der Waals surface area (Å²) < 4.78 is 11.6. The first-order valence-electron chi connectivity index (χ1n) is 16.1. The summed E-state index contributed by atoms with van der Waals surface area (Å²) in [6, 6.07) is 37.9. The number of hydrogen-bond donors (Lipinski definition) is 4. The van der Waals surface area contributed by atoms with Crippen molar-refractivity contribution in [3.8, 4) is 11.5 Å². The second kappa shape index (κ2) is 17.1. The Bertz CT molecular complexity index is 1740. The van der Waals surface area contributed by atoms with Crippen LogP contribution in [0.4, 0.5) is 0 Å². The average molecular weight is 671 g/mol. The van der Waals surface area contributed by atoms with Gasteiger partial charge in [-0.15, -0.1) is 0 Å². The van der Waals surface area contributed by atoms with Gasteiger partial charge in [-0.3, -0.25) is 19.2 Å². The minimum atomic E-state index is -0.970. The van der Waals surface area contributed by atoms with Crippen molar-refractivity contribution in [1.29, 1.82) is 0 Å². The van der Waals surface area contributed by atoms with Crippen molar-refractivity contribution in [3.63, 3.8) is 0 Å². The van der Waals surface area contributed by atoms with E-state index < -0.39 is 35.7 Å². The maximum Gasteiger partial charge on any atom is 0.251 e. The molecule has 0 aliphatic heterocycles. The van der Waals surface area contributed by atoms with Crippen molar-refractivity contribution in [3.05, 3.63) is 167 Å². The summed E-state index contributed by atoms with van der Waals surface area (Å²) in [5.41, 5.74) is 15.3. The molecule has 10 nitrogen and oxygen atoms in total. The second-order valence-electron chi connectivity index (χ2n) is 11.7. The molecule has 2 atom stereocenters. The minimum Gasteiger partial charge on any atom is -0.489 e. The molecule has 4 amide bonds. The molecule has 0 fully saturated rings. The van der Waals surface area contributed by atoms with Gasteiger partial charge >= 0.3 is 0 Å². The second-order valence-corrected chi connectivity index (χ2v) is 11.7. The highest BCUT2D eigenvalue weighted by Gasteiger charge is 2.22. The number of hydrogen-bond acceptors (Lipinski definition) is 6. The number of carbonyl (C=O) groups excluding carboxylic acids is 4. The normalized spacial score (nSPS) is 11.8. The standard InChI is InChI=1S/C40H38N4O6/c41-37(45)35(23-27-11-19-33(20-12-27)49-25-29-7-3-1-4-8-29)43-39(47)31-15-17-32(18-16-31)40(48)44-36(38(42)46)24-28-13-21-34(22-14-28)50-26-30-9-5-2-6-10-30/h1-22,35-36H,23-26H2,(H2,41,45)(H2,42,46)(H,43,47)(H,44,48). The molecule has 0 saturated carbocycles. The molecule has 5 aromatic rings. The summed E-state index contributed by atoms with van der Waals surface area (Å²) >= 11 is 0. The molecule has 0 aliphatic rings. The van der Waals surface area contributed by atoms with Crippen molar-refractivity contribution in [2.75, 3.05) is 0 Å².